The molecule has 0 bridgehead atoms. The van der Waals surface area contributed by atoms with E-state index in [0.29, 0.717) is 6.42 Å². The average Bonchev–Trinajstić information content (AvgIpc) is 2.75. The van der Waals surface area contributed by atoms with E-state index in [0.717, 1.165) is 23.7 Å². The van der Waals surface area contributed by atoms with E-state index in [-0.39, 0.29) is 6.67 Å². The Balaban J connectivity index is 1.33. The summed E-state index contributed by atoms with van der Waals surface area (Å²) in [4.78, 5) is 0. The second kappa shape index (κ2) is 11.8. The molecule has 3 rings (SSSR count). The van der Waals surface area contributed by atoms with Crippen LogP contribution in [0.4, 0.5) is 4.39 Å². The number of aryl methyl sites for hydroxylation is 1. The van der Waals surface area contributed by atoms with E-state index in [9.17, 15) is 4.39 Å². The van der Waals surface area contributed by atoms with Crippen molar-refractivity contribution in [1.29, 1.82) is 0 Å². The summed E-state index contributed by atoms with van der Waals surface area (Å²) in [7, 11) is 0. The molecule has 2 aliphatic rings. The molecular weight excluding hydrogens is 343 g/mol. The topological polar surface area (TPSA) is 0 Å². The smallest absolute Gasteiger partial charge is 0.0928 e. The molecule has 0 aromatic heterocycles. The van der Waals surface area contributed by atoms with Gasteiger partial charge >= 0.3 is 0 Å². The summed E-state index contributed by atoms with van der Waals surface area (Å²) in [6, 6.07) is 9.51. The molecule has 0 radical (unpaired) electrons. The molecule has 0 heterocycles. The highest BCUT2D eigenvalue weighted by Gasteiger charge is 2.24. The van der Waals surface area contributed by atoms with Crippen LogP contribution in [0, 0.1) is 17.8 Å². The molecule has 156 valence electrons. The van der Waals surface area contributed by atoms with Gasteiger partial charge in [0.1, 0.15) is 0 Å². The van der Waals surface area contributed by atoms with E-state index in [1.165, 1.54) is 82.6 Å². The predicted molar refractivity (Wildman–Crippen MR) is 120 cm³/mol. The molecule has 0 atom stereocenters. The fraction of sp³-hybridized carbons (Fsp3) is 0.704. The van der Waals surface area contributed by atoms with E-state index in [2.05, 4.69) is 43.3 Å². The maximum Gasteiger partial charge on any atom is 0.0928 e. The first-order chi connectivity index (χ1) is 13.8. The minimum atomic E-state index is -0.210. The number of hydrogen-bond donors (Lipinski definition) is 0. The molecule has 28 heavy (non-hydrogen) atoms. The molecule has 0 unspecified atom stereocenters. The Morgan fingerprint density at radius 2 is 1.46 bits per heavy atom. The molecule has 2 saturated carbocycles. The van der Waals surface area contributed by atoms with Gasteiger partial charge in [-0.1, -0.05) is 62.6 Å². The van der Waals surface area contributed by atoms with Gasteiger partial charge in [0.2, 0.25) is 0 Å². The normalized spacial score (nSPS) is 28.6. The van der Waals surface area contributed by atoms with Gasteiger partial charge in [0, 0.05) is 0 Å². The number of allylic oxidation sites excluding steroid dienone is 2. The Bertz CT molecular complexity index is 556. The van der Waals surface area contributed by atoms with Crippen LogP contribution in [-0.2, 0) is 6.42 Å². The maximum absolute atomic E-state index is 12.2. The van der Waals surface area contributed by atoms with Crippen molar-refractivity contribution in [1.82, 2.24) is 0 Å². The minimum Gasteiger partial charge on any atom is -0.251 e. The highest BCUT2D eigenvalue weighted by Crippen LogP contribution is 2.40. The second-order valence-corrected chi connectivity index (χ2v) is 9.47. The Kier molecular flexibility index (Phi) is 9.09. The van der Waals surface area contributed by atoms with Crippen molar-refractivity contribution < 1.29 is 4.39 Å². The number of halogens is 1. The fourth-order valence-electron chi connectivity index (χ4n) is 5.52. The second-order valence-electron chi connectivity index (χ2n) is 9.47. The molecule has 2 fully saturated rings. The highest BCUT2D eigenvalue weighted by atomic mass is 19.1. The highest BCUT2D eigenvalue weighted by molar-refractivity contribution is 5.25. The SMILES string of the molecule is CCCc1ccc(C2CCC(CCC3CCC(C=CCCF)CC3)CC2)cc1. The van der Waals surface area contributed by atoms with Crippen molar-refractivity contribution >= 4 is 0 Å². The van der Waals surface area contributed by atoms with E-state index in [4.69, 9.17) is 0 Å². The first-order valence-corrected chi connectivity index (χ1v) is 12.1. The van der Waals surface area contributed by atoms with Crippen molar-refractivity contribution in [3.8, 4) is 0 Å². The van der Waals surface area contributed by atoms with Crippen LogP contribution < -0.4 is 0 Å². The number of rotatable bonds is 9. The molecule has 0 saturated heterocycles. The Labute approximate surface area is 173 Å². The van der Waals surface area contributed by atoms with E-state index in [1.54, 1.807) is 5.56 Å². The lowest BCUT2D eigenvalue weighted by atomic mass is 9.74. The van der Waals surface area contributed by atoms with Crippen LogP contribution in [0.3, 0.4) is 0 Å². The molecule has 1 aromatic rings. The van der Waals surface area contributed by atoms with Gasteiger partial charge in [-0.25, -0.2) is 0 Å². The summed E-state index contributed by atoms with van der Waals surface area (Å²) in [5, 5.41) is 0. The lowest BCUT2D eigenvalue weighted by Gasteiger charge is -2.31. The fourth-order valence-corrected chi connectivity index (χ4v) is 5.52. The predicted octanol–water partition coefficient (Wildman–Crippen LogP) is 8.42. The van der Waals surface area contributed by atoms with Gasteiger partial charge in [0.15, 0.2) is 0 Å². The standard InChI is InChI=1S/C27H41F/c1-2-5-22-13-17-26(18-14-22)27-19-15-25(16-20-27)12-11-24-9-7-23(8-10-24)6-3-4-21-28/h3,6,13-14,17-18,23-25,27H,2,4-5,7-12,15-16,19-21H2,1H3. The summed E-state index contributed by atoms with van der Waals surface area (Å²) >= 11 is 0. The molecule has 0 N–H and O–H groups in total. The van der Waals surface area contributed by atoms with Crippen LogP contribution >= 0.6 is 0 Å². The number of alkyl halides is 1. The number of benzene rings is 1. The summed E-state index contributed by atoms with van der Waals surface area (Å²) in [5.74, 6) is 3.45. The monoisotopic (exact) mass is 384 g/mol. The van der Waals surface area contributed by atoms with Crippen molar-refractivity contribution in [2.75, 3.05) is 6.67 Å². The molecule has 0 nitrogen and oxygen atoms in total. The van der Waals surface area contributed by atoms with Crippen molar-refractivity contribution in [3.05, 3.63) is 47.5 Å². The maximum atomic E-state index is 12.2. The van der Waals surface area contributed by atoms with E-state index < -0.39 is 0 Å². The van der Waals surface area contributed by atoms with E-state index in [1.807, 2.05) is 0 Å². The lowest BCUT2D eigenvalue weighted by molar-refractivity contribution is 0.246. The Morgan fingerprint density at radius 1 is 0.857 bits per heavy atom. The molecule has 0 spiro atoms. The van der Waals surface area contributed by atoms with E-state index >= 15 is 0 Å². The quantitative estimate of drug-likeness (QED) is 0.375. The minimum absolute atomic E-state index is 0.210. The zero-order valence-corrected chi connectivity index (χ0v) is 18.1. The zero-order valence-electron chi connectivity index (χ0n) is 18.1. The first kappa shape index (κ1) is 21.6. The van der Waals surface area contributed by atoms with Crippen molar-refractivity contribution in [2.24, 2.45) is 17.8 Å². The molecule has 2 aliphatic carbocycles. The van der Waals surface area contributed by atoms with Crippen molar-refractivity contribution in [3.63, 3.8) is 0 Å². The lowest BCUT2D eigenvalue weighted by Crippen LogP contribution is -2.17. The van der Waals surface area contributed by atoms with Gasteiger partial charge in [0.25, 0.3) is 0 Å². The molecule has 1 heteroatoms. The largest absolute Gasteiger partial charge is 0.251 e. The summed E-state index contributed by atoms with van der Waals surface area (Å²) in [6.07, 6.45) is 21.4. The van der Waals surface area contributed by atoms with Crippen LogP contribution in [0.5, 0.6) is 0 Å². The van der Waals surface area contributed by atoms with Crippen LogP contribution in [0.15, 0.2) is 36.4 Å². The van der Waals surface area contributed by atoms with Crippen LogP contribution in [0.25, 0.3) is 0 Å². The number of hydrogen-bond acceptors (Lipinski definition) is 0. The summed E-state index contributed by atoms with van der Waals surface area (Å²) < 4.78 is 12.2. The third-order valence-electron chi connectivity index (χ3n) is 7.40. The molecule has 1 aromatic carbocycles. The zero-order chi connectivity index (χ0) is 19.6. The Morgan fingerprint density at radius 3 is 2.04 bits per heavy atom. The van der Waals surface area contributed by atoms with Gasteiger partial charge in [-0.05, 0) is 99.0 Å². The van der Waals surface area contributed by atoms with Gasteiger partial charge in [-0.15, -0.1) is 0 Å². The summed E-state index contributed by atoms with van der Waals surface area (Å²) in [6.45, 7) is 2.05. The third kappa shape index (κ3) is 6.75. The molecule has 0 amide bonds. The first-order valence-electron chi connectivity index (χ1n) is 12.1. The molecule has 0 aliphatic heterocycles. The van der Waals surface area contributed by atoms with Crippen molar-refractivity contribution in [2.45, 2.75) is 96.3 Å². The van der Waals surface area contributed by atoms with Crippen LogP contribution in [0.2, 0.25) is 0 Å². The van der Waals surface area contributed by atoms with Gasteiger partial charge in [0.05, 0.1) is 6.67 Å². The summed E-state index contributed by atoms with van der Waals surface area (Å²) in [5.41, 5.74) is 3.07. The van der Waals surface area contributed by atoms with Gasteiger partial charge in [-0.3, -0.25) is 4.39 Å². The van der Waals surface area contributed by atoms with Crippen LogP contribution in [-0.4, -0.2) is 6.67 Å². The van der Waals surface area contributed by atoms with Gasteiger partial charge in [-0.2, -0.15) is 0 Å². The molecular formula is C27H41F. The van der Waals surface area contributed by atoms with Gasteiger partial charge < -0.3 is 0 Å². The third-order valence-corrected chi connectivity index (χ3v) is 7.40. The van der Waals surface area contributed by atoms with Crippen LogP contribution in [0.1, 0.15) is 101 Å². The average molecular weight is 385 g/mol. The Hall–Kier alpha value is -1.11.